The van der Waals surface area contributed by atoms with E-state index in [-0.39, 0.29) is 6.73 Å². The molecule has 0 saturated carbocycles. The Morgan fingerprint density at radius 3 is 2.95 bits per heavy atom. The fourth-order valence-electron chi connectivity index (χ4n) is 1.42. The first-order valence-electron chi connectivity index (χ1n) is 5.77. The predicted molar refractivity (Wildman–Crippen MR) is 73.6 cm³/mol. The topological polar surface area (TPSA) is 73.2 Å². The summed E-state index contributed by atoms with van der Waals surface area (Å²) in [4.78, 5) is 22.0. The van der Waals surface area contributed by atoms with Crippen molar-refractivity contribution in [2.24, 2.45) is 0 Å². The van der Waals surface area contributed by atoms with Gasteiger partial charge < -0.3 is 10.1 Å². The molecule has 2 rings (SSSR count). The van der Waals surface area contributed by atoms with Gasteiger partial charge in [0.1, 0.15) is 5.75 Å². The number of carbonyl (C=O) groups excluding carboxylic acids is 2. The molecule has 1 N–H and O–H groups in total. The van der Waals surface area contributed by atoms with E-state index in [9.17, 15) is 9.59 Å². The third kappa shape index (κ3) is 3.83. The van der Waals surface area contributed by atoms with Gasteiger partial charge in [-0.25, -0.2) is 4.68 Å². The van der Waals surface area contributed by atoms with Crippen LogP contribution in [0.5, 0.6) is 5.75 Å². The zero-order valence-electron chi connectivity index (χ0n) is 10.7. The molecule has 0 atom stereocenters. The van der Waals surface area contributed by atoms with E-state index in [0.29, 0.717) is 16.5 Å². The summed E-state index contributed by atoms with van der Waals surface area (Å²) in [7, 11) is 0. The van der Waals surface area contributed by atoms with E-state index in [1.54, 1.807) is 30.5 Å². The van der Waals surface area contributed by atoms with Gasteiger partial charge in [-0.05, 0) is 18.2 Å². The molecule has 0 fully saturated rings. The molecule has 6 nitrogen and oxygen atoms in total. The number of halogens is 1. The third-order valence-electron chi connectivity index (χ3n) is 2.37. The number of Topliss-reactive ketones (excluding diaryl/α,β-unsaturated/α-hetero) is 1. The molecule has 1 aromatic carbocycles. The summed E-state index contributed by atoms with van der Waals surface area (Å²) in [6, 6.07) is 6.98. The van der Waals surface area contributed by atoms with E-state index in [1.807, 2.05) is 0 Å². The van der Waals surface area contributed by atoms with Crippen molar-refractivity contribution < 1.29 is 14.3 Å². The van der Waals surface area contributed by atoms with Crippen molar-refractivity contribution in [2.45, 2.75) is 13.7 Å². The van der Waals surface area contributed by atoms with Crippen molar-refractivity contribution >= 4 is 29.0 Å². The van der Waals surface area contributed by atoms with Crippen LogP contribution in [0.3, 0.4) is 0 Å². The average molecular weight is 294 g/mol. The van der Waals surface area contributed by atoms with Gasteiger partial charge in [0.2, 0.25) is 5.78 Å². The van der Waals surface area contributed by atoms with Gasteiger partial charge in [0.15, 0.2) is 6.73 Å². The Morgan fingerprint density at radius 2 is 2.25 bits per heavy atom. The molecule has 20 heavy (non-hydrogen) atoms. The number of nitrogens with one attached hydrogen (secondary N) is 1. The summed E-state index contributed by atoms with van der Waals surface area (Å²) in [5.74, 6) is -0.629. The number of anilines is 1. The molecule has 1 aromatic heterocycles. The van der Waals surface area contributed by atoms with Crippen LogP contribution in [0.2, 0.25) is 5.02 Å². The number of benzene rings is 1. The van der Waals surface area contributed by atoms with Crippen molar-refractivity contribution in [3.05, 3.63) is 41.7 Å². The van der Waals surface area contributed by atoms with Gasteiger partial charge in [-0.15, -0.1) is 0 Å². The van der Waals surface area contributed by atoms with Crippen LogP contribution in [0.25, 0.3) is 0 Å². The lowest BCUT2D eigenvalue weighted by Gasteiger charge is -2.06. The second-order valence-corrected chi connectivity index (χ2v) is 4.45. The molecular formula is C13H12ClN3O3. The molecule has 0 saturated heterocycles. The minimum Gasteiger partial charge on any atom is -0.471 e. The molecule has 0 aliphatic heterocycles. The summed E-state index contributed by atoms with van der Waals surface area (Å²) in [5.41, 5.74) is 0.430. The lowest BCUT2D eigenvalue weighted by molar-refractivity contribution is -0.133. The Kier molecular flexibility index (Phi) is 4.37. The number of nitrogens with zero attached hydrogens (tertiary/aromatic N) is 2. The number of hydrogen-bond donors (Lipinski definition) is 1. The quantitative estimate of drug-likeness (QED) is 0.857. The van der Waals surface area contributed by atoms with Crippen LogP contribution in [-0.2, 0) is 16.3 Å². The molecule has 104 valence electrons. The maximum atomic E-state index is 11.2. The van der Waals surface area contributed by atoms with Gasteiger partial charge >= 0.3 is 0 Å². The Morgan fingerprint density at radius 1 is 1.45 bits per heavy atom. The number of ketones is 1. The Bertz CT molecular complexity index is 639. The Labute approximate surface area is 120 Å². The van der Waals surface area contributed by atoms with Crippen molar-refractivity contribution in [3.8, 4) is 5.75 Å². The van der Waals surface area contributed by atoms with Gasteiger partial charge in [0.05, 0.1) is 18.1 Å². The number of hydrogen-bond acceptors (Lipinski definition) is 4. The maximum Gasteiger partial charge on any atom is 0.291 e. The van der Waals surface area contributed by atoms with Crippen LogP contribution in [-0.4, -0.2) is 21.5 Å². The second-order valence-electron chi connectivity index (χ2n) is 4.01. The van der Waals surface area contributed by atoms with E-state index in [0.717, 1.165) is 0 Å². The minimum atomic E-state index is -0.680. The van der Waals surface area contributed by atoms with Crippen LogP contribution in [0, 0.1) is 0 Å². The summed E-state index contributed by atoms with van der Waals surface area (Å²) < 4.78 is 6.96. The van der Waals surface area contributed by atoms with Crippen molar-refractivity contribution in [2.75, 3.05) is 5.32 Å². The van der Waals surface area contributed by atoms with Gasteiger partial charge in [0.25, 0.3) is 5.91 Å². The number of aromatic nitrogens is 2. The van der Waals surface area contributed by atoms with Crippen LogP contribution in [0.15, 0.2) is 36.7 Å². The summed E-state index contributed by atoms with van der Waals surface area (Å²) >= 11 is 5.84. The molecule has 0 aliphatic rings. The van der Waals surface area contributed by atoms with E-state index in [2.05, 4.69) is 10.4 Å². The highest BCUT2D eigenvalue weighted by molar-refractivity contribution is 6.39. The van der Waals surface area contributed by atoms with Crippen LogP contribution in [0.1, 0.15) is 6.92 Å². The largest absolute Gasteiger partial charge is 0.471 e. The van der Waals surface area contributed by atoms with E-state index < -0.39 is 11.7 Å². The molecule has 0 unspecified atom stereocenters. The molecule has 0 bridgehead atoms. The fraction of sp³-hybridized carbons (Fsp3) is 0.154. The Hall–Kier alpha value is -2.34. The standard InChI is InChI=1S/C13H12ClN3O3/c1-9(18)13(19)16-11-6-15-17(7-11)8-20-12-4-2-3-10(14)5-12/h2-7H,8H2,1H3,(H,16,19). The monoisotopic (exact) mass is 293 g/mol. The normalized spacial score (nSPS) is 10.1. The Balaban J connectivity index is 1.93. The second kappa shape index (κ2) is 6.21. The van der Waals surface area contributed by atoms with Gasteiger partial charge in [-0.2, -0.15) is 5.10 Å². The molecule has 1 heterocycles. The highest BCUT2D eigenvalue weighted by Gasteiger charge is 2.08. The van der Waals surface area contributed by atoms with Crippen molar-refractivity contribution in [3.63, 3.8) is 0 Å². The number of rotatable bonds is 5. The molecule has 7 heteroatoms. The average Bonchev–Trinajstić information content (AvgIpc) is 2.84. The summed E-state index contributed by atoms with van der Waals surface area (Å²) in [5, 5.41) is 7.00. The van der Waals surface area contributed by atoms with Crippen LogP contribution >= 0.6 is 11.6 Å². The highest BCUT2D eigenvalue weighted by Crippen LogP contribution is 2.17. The first-order valence-corrected chi connectivity index (χ1v) is 6.15. The van der Waals surface area contributed by atoms with Crippen LogP contribution < -0.4 is 10.1 Å². The zero-order valence-corrected chi connectivity index (χ0v) is 11.4. The first-order chi connectivity index (χ1) is 9.54. The SMILES string of the molecule is CC(=O)C(=O)Nc1cnn(COc2cccc(Cl)c2)c1. The third-order valence-corrected chi connectivity index (χ3v) is 2.61. The molecule has 0 radical (unpaired) electrons. The van der Waals surface area contributed by atoms with Gasteiger partial charge in [-0.1, -0.05) is 17.7 Å². The summed E-state index contributed by atoms with van der Waals surface area (Å²) in [6.07, 6.45) is 2.99. The van der Waals surface area contributed by atoms with E-state index in [1.165, 1.54) is 17.8 Å². The lowest BCUT2D eigenvalue weighted by atomic mass is 10.3. The van der Waals surface area contributed by atoms with Crippen molar-refractivity contribution in [1.82, 2.24) is 9.78 Å². The van der Waals surface area contributed by atoms with Crippen LogP contribution in [0.4, 0.5) is 5.69 Å². The fourth-order valence-corrected chi connectivity index (χ4v) is 1.60. The number of amides is 1. The summed E-state index contributed by atoms with van der Waals surface area (Å²) in [6.45, 7) is 1.36. The predicted octanol–water partition coefficient (Wildman–Crippen LogP) is 2.10. The van der Waals surface area contributed by atoms with E-state index >= 15 is 0 Å². The number of ether oxygens (including phenoxy) is 1. The lowest BCUT2D eigenvalue weighted by Crippen LogP contribution is -2.19. The molecule has 1 amide bonds. The molecular weight excluding hydrogens is 282 g/mol. The van der Waals surface area contributed by atoms with Gasteiger partial charge in [0, 0.05) is 11.9 Å². The van der Waals surface area contributed by atoms with E-state index in [4.69, 9.17) is 16.3 Å². The molecule has 0 aliphatic carbocycles. The molecule has 2 aromatic rings. The first kappa shape index (κ1) is 14.1. The highest BCUT2D eigenvalue weighted by atomic mass is 35.5. The van der Waals surface area contributed by atoms with Crippen molar-refractivity contribution in [1.29, 1.82) is 0 Å². The molecule has 0 spiro atoms. The maximum absolute atomic E-state index is 11.2. The number of carbonyl (C=O) groups is 2. The minimum absolute atomic E-state index is 0.163. The smallest absolute Gasteiger partial charge is 0.291 e. The van der Waals surface area contributed by atoms with Gasteiger partial charge in [-0.3, -0.25) is 9.59 Å². The zero-order chi connectivity index (χ0) is 14.5.